The first-order valence-corrected chi connectivity index (χ1v) is 7.66. The SMILES string of the molecule is Oc1ccc(-c2ccc(O)cc2C2NCc3ccccc32)cc1. The highest BCUT2D eigenvalue weighted by molar-refractivity contribution is 5.71. The Morgan fingerprint density at radius 2 is 1.52 bits per heavy atom. The zero-order valence-corrected chi connectivity index (χ0v) is 12.5. The average molecular weight is 303 g/mol. The number of fused-ring (bicyclic) bond motifs is 1. The van der Waals surface area contributed by atoms with E-state index in [0.29, 0.717) is 0 Å². The van der Waals surface area contributed by atoms with Crippen LogP contribution in [0.5, 0.6) is 11.5 Å². The second-order valence-corrected chi connectivity index (χ2v) is 5.83. The molecule has 0 aromatic heterocycles. The number of benzene rings is 3. The highest BCUT2D eigenvalue weighted by Gasteiger charge is 2.25. The van der Waals surface area contributed by atoms with Gasteiger partial charge in [-0.2, -0.15) is 0 Å². The molecule has 114 valence electrons. The lowest BCUT2D eigenvalue weighted by Gasteiger charge is -2.18. The Bertz CT molecular complexity index is 856. The fourth-order valence-electron chi connectivity index (χ4n) is 3.27. The average Bonchev–Trinajstić information content (AvgIpc) is 3.00. The summed E-state index contributed by atoms with van der Waals surface area (Å²) in [5.74, 6) is 0.507. The molecule has 1 heterocycles. The van der Waals surface area contributed by atoms with Crippen LogP contribution >= 0.6 is 0 Å². The number of phenols is 2. The van der Waals surface area contributed by atoms with Crippen LogP contribution in [0.25, 0.3) is 11.1 Å². The van der Waals surface area contributed by atoms with Gasteiger partial charge < -0.3 is 15.5 Å². The van der Waals surface area contributed by atoms with Gasteiger partial charge >= 0.3 is 0 Å². The summed E-state index contributed by atoms with van der Waals surface area (Å²) in [4.78, 5) is 0. The first-order valence-electron chi connectivity index (χ1n) is 7.66. The van der Waals surface area contributed by atoms with E-state index in [1.165, 1.54) is 11.1 Å². The van der Waals surface area contributed by atoms with E-state index in [2.05, 4.69) is 17.4 Å². The summed E-state index contributed by atoms with van der Waals surface area (Å²) in [7, 11) is 0. The van der Waals surface area contributed by atoms with Crippen molar-refractivity contribution in [1.82, 2.24) is 5.32 Å². The maximum atomic E-state index is 9.97. The summed E-state index contributed by atoms with van der Waals surface area (Å²) in [6.45, 7) is 0.825. The Morgan fingerprint density at radius 3 is 2.35 bits per heavy atom. The molecule has 3 heteroatoms. The van der Waals surface area contributed by atoms with Gasteiger partial charge in [0.05, 0.1) is 6.04 Å². The third-order valence-corrected chi connectivity index (χ3v) is 4.39. The zero-order chi connectivity index (χ0) is 15.8. The maximum Gasteiger partial charge on any atom is 0.115 e. The molecule has 4 rings (SSSR count). The van der Waals surface area contributed by atoms with E-state index in [4.69, 9.17) is 0 Å². The van der Waals surface area contributed by atoms with Crippen molar-refractivity contribution in [2.75, 3.05) is 0 Å². The van der Waals surface area contributed by atoms with Gasteiger partial charge in [0, 0.05) is 6.54 Å². The Morgan fingerprint density at radius 1 is 0.783 bits per heavy atom. The van der Waals surface area contributed by atoms with Gasteiger partial charge in [0.1, 0.15) is 11.5 Å². The summed E-state index contributed by atoms with van der Waals surface area (Å²) >= 11 is 0. The zero-order valence-electron chi connectivity index (χ0n) is 12.5. The van der Waals surface area contributed by atoms with Crippen LogP contribution in [0, 0.1) is 0 Å². The van der Waals surface area contributed by atoms with Crippen molar-refractivity contribution in [3.8, 4) is 22.6 Å². The van der Waals surface area contributed by atoms with Crippen molar-refractivity contribution in [3.63, 3.8) is 0 Å². The van der Waals surface area contributed by atoms with Gasteiger partial charge in [0.2, 0.25) is 0 Å². The van der Waals surface area contributed by atoms with Crippen LogP contribution in [0.15, 0.2) is 66.7 Å². The largest absolute Gasteiger partial charge is 0.508 e. The van der Waals surface area contributed by atoms with Crippen LogP contribution in [0.2, 0.25) is 0 Å². The van der Waals surface area contributed by atoms with Gasteiger partial charge in [-0.15, -0.1) is 0 Å². The molecule has 1 unspecified atom stereocenters. The van der Waals surface area contributed by atoms with Crippen molar-refractivity contribution in [2.24, 2.45) is 0 Å². The number of aromatic hydroxyl groups is 2. The molecule has 0 spiro atoms. The first kappa shape index (κ1) is 13.9. The van der Waals surface area contributed by atoms with Crippen LogP contribution < -0.4 is 5.32 Å². The second kappa shape index (κ2) is 5.45. The molecule has 0 saturated carbocycles. The Kier molecular flexibility index (Phi) is 3.28. The fraction of sp³-hybridized carbons (Fsp3) is 0.100. The minimum atomic E-state index is 0.0575. The van der Waals surface area contributed by atoms with Crippen LogP contribution in [0.1, 0.15) is 22.7 Å². The molecule has 1 aliphatic rings. The number of hydrogen-bond donors (Lipinski definition) is 3. The Balaban J connectivity index is 1.86. The quantitative estimate of drug-likeness (QED) is 0.671. The van der Waals surface area contributed by atoms with Gasteiger partial charge in [0.15, 0.2) is 0 Å². The molecule has 0 saturated heterocycles. The van der Waals surface area contributed by atoms with Gasteiger partial charge in [-0.1, -0.05) is 42.5 Å². The third-order valence-electron chi connectivity index (χ3n) is 4.39. The molecule has 1 atom stereocenters. The van der Waals surface area contributed by atoms with E-state index in [9.17, 15) is 10.2 Å². The molecule has 23 heavy (non-hydrogen) atoms. The van der Waals surface area contributed by atoms with Crippen molar-refractivity contribution in [2.45, 2.75) is 12.6 Å². The van der Waals surface area contributed by atoms with Crippen molar-refractivity contribution < 1.29 is 10.2 Å². The van der Waals surface area contributed by atoms with Gasteiger partial charge in [-0.25, -0.2) is 0 Å². The monoisotopic (exact) mass is 303 g/mol. The number of hydrogen-bond acceptors (Lipinski definition) is 3. The highest BCUT2D eigenvalue weighted by atomic mass is 16.3. The predicted molar refractivity (Wildman–Crippen MR) is 90.3 cm³/mol. The summed E-state index contributed by atoms with van der Waals surface area (Å²) in [6.07, 6.45) is 0. The lowest BCUT2D eigenvalue weighted by atomic mass is 9.91. The molecular weight excluding hydrogens is 286 g/mol. The lowest BCUT2D eigenvalue weighted by Crippen LogP contribution is -2.14. The number of rotatable bonds is 2. The Labute approximate surface area is 134 Å². The molecule has 0 aliphatic carbocycles. The maximum absolute atomic E-state index is 9.97. The topological polar surface area (TPSA) is 52.5 Å². The van der Waals surface area contributed by atoms with E-state index in [1.807, 2.05) is 36.4 Å². The van der Waals surface area contributed by atoms with E-state index >= 15 is 0 Å². The van der Waals surface area contributed by atoms with Gasteiger partial charge in [-0.05, 0) is 52.1 Å². The van der Waals surface area contributed by atoms with E-state index in [0.717, 1.165) is 23.2 Å². The molecule has 3 aromatic rings. The van der Waals surface area contributed by atoms with E-state index in [-0.39, 0.29) is 17.5 Å². The molecule has 3 aromatic carbocycles. The smallest absolute Gasteiger partial charge is 0.115 e. The molecule has 1 aliphatic heterocycles. The number of phenolic OH excluding ortho intramolecular Hbond substituents is 2. The second-order valence-electron chi connectivity index (χ2n) is 5.83. The minimum Gasteiger partial charge on any atom is -0.508 e. The summed E-state index contributed by atoms with van der Waals surface area (Å²) < 4.78 is 0. The van der Waals surface area contributed by atoms with Crippen molar-refractivity contribution in [3.05, 3.63) is 83.4 Å². The minimum absolute atomic E-state index is 0.0575. The molecule has 3 nitrogen and oxygen atoms in total. The third kappa shape index (κ3) is 2.45. The van der Waals surface area contributed by atoms with Crippen LogP contribution in [0.4, 0.5) is 0 Å². The molecular formula is C20H17NO2. The van der Waals surface area contributed by atoms with Crippen molar-refractivity contribution >= 4 is 0 Å². The Hall–Kier alpha value is -2.78. The molecule has 0 fully saturated rings. The summed E-state index contributed by atoms with van der Waals surface area (Å²) in [5.41, 5.74) is 5.65. The molecule has 0 bridgehead atoms. The van der Waals surface area contributed by atoms with E-state index in [1.54, 1.807) is 18.2 Å². The van der Waals surface area contributed by atoms with Gasteiger partial charge in [0.25, 0.3) is 0 Å². The van der Waals surface area contributed by atoms with Crippen molar-refractivity contribution in [1.29, 1.82) is 0 Å². The summed E-state index contributed by atoms with van der Waals surface area (Å²) in [5, 5.41) is 23.0. The predicted octanol–water partition coefficient (Wildman–Crippen LogP) is 3.96. The van der Waals surface area contributed by atoms with Crippen LogP contribution in [-0.4, -0.2) is 10.2 Å². The normalized spacial score (nSPS) is 16.3. The number of nitrogens with one attached hydrogen (secondary N) is 1. The summed E-state index contributed by atoms with van der Waals surface area (Å²) in [6, 6.07) is 21.0. The molecule has 0 radical (unpaired) electrons. The molecule has 0 amide bonds. The standard InChI is InChI=1S/C20H17NO2/c22-15-7-5-13(6-8-15)17-10-9-16(23)11-19(17)20-18-4-2-1-3-14(18)12-21-20/h1-11,20-23H,12H2. The van der Waals surface area contributed by atoms with Gasteiger partial charge in [-0.3, -0.25) is 0 Å². The van der Waals surface area contributed by atoms with Crippen LogP contribution in [-0.2, 0) is 6.54 Å². The van der Waals surface area contributed by atoms with Crippen LogP contribution in [0.3, 0.4) is 0 Å². The lowest BCUT2D eigenvalue weighted by molar-refractivity contribution is 0.473. The molecule has 3 N–H and O–H groups in total. The fourth-order valence-corrected chi connectivity index (χ4v) is 3.27. The highest BCUT2D eigenvalue weighted by Crippen LogP contribution is 2.38. The first-order chi connectivity index (χ1) is 11.2. The van der Waals surface area contributed by atoms with E-state index < -0.39 is 0 Å².